The van der Waals surface area contributed by atoms with Gasteiger partial charge in [-0.2, -0.15) is 18.3 Å². The Kier molecular flexibility index (Phi) is 7.06. The Morgan fingerprint density at radius 3 is 2.51 bits per heavy atom. The highest BCUT2D eigenvalue weighted by Crippen LogP contribution is 2.35. The first-order valence-corrected chi connectivity index (χ1v) is 12.6. The number of hydrogen-bond acceptors (Lipinski definition) is 8. The van der Waals surface area contributed by atoms with Crippen molar-refractivity contribution in [3.63, 3.8) is 0 Å². The maximum Gasteiger partial charge on any atom is 0.419 e. The lowest BCUT2D eigenvalue weighted by Gasteiger charge is -2.35. The van der Waals surface area contributed by atoms with Gasteiger partial charge in [0.25, 0.3) is 5.56 Å². The lowest BCUT2D eigenvalue weighted by molar-refractivity contribution is -0.138. The Balaban J connectivity index is 1.12. The quantitative estimate of drug-likeness (QED) is 0.638. The number of H-pyrrole nitrogens is 1. The molecule has 3 aliphatic heterocycles. The van der Waals surface area contributed by atoms with Crippen LogP contribution in [-0.2, 0) is 15.7 Å². The number of nitrogens with one attached hydrogen (secondary N) is 1. The third kappa shape index (κ3) is 5.41. The maximum absolute atomic E-state index is 13.0. The molecule has 200 valence electrons. The third-order valence-corrected chi connectivity index (χ3v) is 7.54. The lowest BCUT2D eigenvalue weighted by Crippen LogP contribution is -2.49. The number of hydrogen-bond donors (Lipinski definition) is 1. The Hall–Kier alpha value is -3.22. The highest BCUT2D eigenvalue weighted by molar-refractivity contribution is 5.77. The van der Waals surface area contributed by atoms with Crippen molar-refractivity contribution >= 4 is 17.5 Å². The zero-order valence-electron chi connectivity index (χ0n) is 20.6. The number of rotatable bonds is 5. The first-order valence-electron chi connectivity index (χ1n) is 12.6. The first kappa shape index (κ1) is 25.4. The predicted octanol–water partition coefficient (Wildman–Crippen LogP) is 2.14. The molecule has 1 N–H and O–H groups in total. The number of aromatic amines is 1. The molecule has 2 aromatic heterocycles. The number of amides is 1. The maximum atomic E-state index is 13.0. The fraction of sp³-hybridized carbons (Fsp3) is 0.625. The van der Waals surface area contributed by atoms with Crippen molar-refractivity contribution in [1.29, 1.82) is 0 Å². The van der Waals surface area contributed by atoms with Crippen LogP contribution in [0.3, 0.4) is 0 Å². The van der Waals surface area contributed by atoms with Crippen molar-refractivity contribution in [3.05, 3.63) is 40.1 Å². The molecule has 0 saturated carbocycles. The van der Waals surface area contributed by atoms with E-state index in [1.54, 1.807) is 22.9 Å². The molecule has 3 aliphatic rings. The van der Waals surface area contributed by atoms with Crippen molar-refractivity contribution in [1.82, 2.24) is 25.1 Å². The molecular formula is C24H30F3N7O3. The molecule has 37 heavy (non-hydrogen) atoms. The van der Waals surface area contributed by atoms with Crippen LogP contribution in [-0.4, -0.2) is 81.9 Å². The lowest BCUT2D eigenvalue weighted by atomic mass is 10.0. The second-order valence-electron chi connectivity index (χ2n) is 9.83. The normalized spacial score (nSPS) is 24.6. The van der Waals surface area contributed by atoms with Gasteiger partial charge in [0.1, 0.15) is 0 Å². The molecule has 1 amide bonds. The molecule has 3 fully saturated rings. The second-order valence-corrected chi connectivity index (χ2v) is 9.83. The molecule has 0 unspecified atom stereocenters. The van der Waals surface area contributed by atoms with E-state index in [2.05, 4.69) is 25.1 Å². The standard InChI is InChI=1S/C24H30F3N7O3/c1-15-19(14-30-31-22(15)36)34-6-2-3-18(34)20-5-4-17(37-20)11-21(35)32-7-9-33(10-8-32)23-28-12-16(13-29-23)24(25,26)27/h12-14,17-18,20H,2-11H2,1H3,(H,31,36)/t17-,18-,20-/m0/s1. The molecule has 0 aromatic carbocycles. The van der Waals surface area contributed by atoms with Crippen LogP contribution in [0.15, 0.2) is 23.4 Å². The third-order valence-electron chi connectivity index (χ3n) is 7.54. The number of aromatic nitrogens is 4. The summed E-state index contributed by atoms with van der Waals surface area (Å²) in [4.78, 5) is 38.5. The van der Waals surface area contributed by atoms with Gasteiger partial charge in [0.2, 0.25) is 11.9 Å². The number of ether oxygens (including phenoxy) is 1. The molecule has 5 heterocycles. The summed E-state index contributed by atoms with van der Waals surface area (Å²) in [7, 11) is 0. The van der Waals surface area contributed by atoms with Gasteiger partial charge in [0.05, 0.1) is 42.1 Å². The molecule has 0 radical (unpaired) electrons. The Morgan fingerprint density at radius 2 is 1.81 bits per heavy atom. The Morgan fingerprint density at radius 1 is 1.08 bits per heavy atom. The van der Waals surface area contributed by atoms with Crippen LogP contribution in [0, 0.1) is 6.92 Å². The molecule has 5 rings (SSSR count). The SMILES string of the molecule is Cc1c(N2CCC[C@H]2[C@@H]2CC[C@@H](CC(=O)N3CCN(c4ncc(C(F)(F)F)cn4)CC3)O2)cn[nH]c1=O. The number of carbonyl (C=O) groups is 1. The molecule has 3 saturated heterocycles. The zero-order chi connectivity index (χ0) is 26.2. The van der Waals surface area contributed by atoms with Gasteiger partial charge in [0, 0.05) is 50.7 Å². The summed E-state index contributed by atoms with van der Waals surface area (Å²) in [6.07, 6.45) is 2.55. The van der Waals surface area contributed by atoms with Crippen LogP contribution in [0.4, 0.5) is 24.8 Å². The molecule has 10 nitrogen and oxygen atoms in total. The Labute approximate surface area is 211 Å². The molecule has 0 spiro atoms. The van der Waals surface area contributed by atoms with E-state index in [-0.39, 0.29) is 35.7 Å². The molecule has 3 atom stereocenters. The Bertz CT molecular complexity index is 1170. The summed E-state index contributed by atoms with van der Waals surface area (Å²) >= 11 is 0. The monoisotopic (exact) mass is 521 g/mol. The topological polar surface area (TPSA) is 108 Å². The second kappa shape index (κ2) is 10.3. The smallest absolute Gasteiger partial charge is 0.372 e. The molecule has 13 heteroatoms. The van der Waals surface area contributed by atoms with Crippen molar-refractivity contribution in [2.75, 3.05) is 42.5 Å². The summed E-state index contributed by atoms with van der Waals surface area (Å²) in [6, 6.07) is 0.148. The van der Waals surface area contributed by atoms with Crippen LogP contribution in [0.25, 0.3) is 0 Å². The summed E-state index contributed by atoms with van der Waals surface area (Å²) in [5, 5.41) is 6.44. The van der Waals surface area contributed by atoms with Crippen LogP contribution in [0.2, 0.25) is 0 Å². The number of piperazine rings is 1. The number of nitrogens with zero attached hydrogens (tertiary/aromatic N) is 6. The fourth-order valence-electron chi connectivity index (χ4n) is 5.49. The molecule has 0 aliphatic carbocycles. The van der Waals surface area contributed by atoms with E-state index in [0.29, 0.717) is 38.2 Å². The van der Waals surface area contributed by atoms with E-state index >= 15 is 0 Å². The van der Waals surface area contributed by atoms with Gasteiger partial charge in [-0.05, 0) is 32.6 Å². The van der Waals surface area contributed by atoms with E-state index in [0.717, 1.165) is 50.3 Å². The van der Waals surface area contributed by atoms with Crippen LogP contribution in [0.5, 0.6) is 0 Å². The summed E-state index contributed by atoms with van der Waals surface area (Å²) in [5.74, 6) is 0.241. The minimum absolute atomic E-state index is 0.00680. The van der Waals surface area contributed by atoms with Crippen LogP contribution >= 0.6 is 0 Å². The van der Waals surface area contributed by atoms with E-state index in [4.69, 9.17) is 4.74 Å². The predicted molar refractivity (Wildman–Crippen MR) is 128 cm³/mol. The van der Waals surface area contributed by atoms with E-state index in [1.807, 2.05) is 0 Å². The summed E-state index contributed by atoms with van der Waals surface area (Å²) in [6.45, 7) is 4.44. The van der Waals surface area contributed by atoms with Gasteiger partial charge >= 0.3 is 6.18 Å². The average Bonchev–Trinajstić information content (AvgIpc) is 3.55. The van der Waals surface area contributed by atoms with E-state index < -0.39 is 11.7 Å². The number of alkyl halides is 3. The number of anilines is 2. The minimum atomic E-state index is -4.47. The number of halogens is 3. The molecule has 0 bridgehead atoms. The van der Waals surface area contributed by atoms with Crippen molar-refractivity contribution in [3.8, 4) is 0 Å². The summed E-state index contributed by atoms with van der Waals surface area (Å²) < 4.78 is 44.6. The highest BCUT2D eigenvalue weighted by Gasteiger charge is 2.39. The van der Waals surface area contributed by atoms with Crippen LogP contribution in [0.1, 0.15) is 43.2 Å². The van der Waals surface area contributed by atoms with Gasteiger partial charge in [0.15, 0.2) is 0 Å². The van der Waals surface area contributed by atoms with E-state index in [1.165, 1.54) is 0 Å². The summed E-state index contributed by atoms with van der Waals surface area (Å²) in [5.41, 5.74) is 0.408. The van der Waals surface area contributed by atoms with Gasteiger partial charge in [-0.1, -0.05) is 0 Å². The first-order chi connectivity index (χ1) is 17.7. The average molecular weight is 522 g/mol. The van der Waals surface area contributed by atoms with Crippen molar-refractivity contribution in [2.24, 2.45) is 0 Å². The van der Waals surface area contributed by atoms with Crippen molar-refractivity contribution < 1.29 is 22.7 Å². The van der Waals surface area contributed by atoms with Crippen molar-refractivity contribution in [2.45, 2.75) is 63.5 Å². The number of carbonyl (C=O) groups excluding carboxylic acids is 1. The van der Waals surface area contributed by atoms with Gasteiger partial charge in [-0.25, -0.2) is 15.1 Å². The van der Waals surface area contributed by atoms with Crippen LogP contribution < -0.4 is 15.4 Å². The van der Waals surface area contributed by atoms with E-state index in [9.17, 15) is 22.8 Å². The zero-order valence-corrected chi connectivity index (χ0v) is 20.6. The largest absolute Gasteiger partial charge is 0.419 e. The van der Waals surface area contributed by atoms with Gasteiger partial charge in [-0.3, -0.25) is 9.59 Å². The highest BCUT2D eigenvalue weighted by atomic mass is 19.4. The molecule has 2 aromatic rings. The molecular weight excluding hydrogens is 491 g/mol. The van der Waals surface area contributed by atoms with Gasteiger partial charge in [-0.15, -0.1) is 0 Å². The van der Waals surface area contributed by atoms with Gasteiger partial charge < -0.3 is 19.4 Å². The minimum Gasteiger partial charge on any atom is -0.372 e. The fourth-order valence-corrected chi connectivity index (χ4v) is 5.49.